The van der Waals surface area contributed by atoms with Crippen LogP contribution in [-0.4, -0.2) is 24.4 Å². The normalized spacial score (nSPS) is 21.2. The monoisotopic (exact) mass is 167 g/mol. The fourth-order valence-electron chi connectivity index (χ4n) is 1.06. The van der Waals surface area contributed by atoms with Crippen LogP contribution in [0, 0.1) is 11.3 Å². The molecule has 0 aromatic heterocycles. The van der Waals surface area contributed by atoms with Gasteiger partial charge in [-0.05, 0) is 6.42 Å². The van der Waals surface area contributed by atoms with Crippen LogP contribution in [-0.2, 0) is 9.59 Å². The third kappa shape index (κ3) is 1.95. The molecule has 1 unspecified atom stereocenters. The van der Waals surface area contributed by atoms with Crippen LogP contribution in [0.2, 0.25) is 0 Å². The molecule has 1 rings (SSSR count). The molecule has 2 amide bonds. The van der Waals surface area contributed by atoms with Crippen LogP contribution >= 0.6 is 0 Å². The Balaban J connectivity index is 2.34. The van der Waals surface area contributed by atoms with E-state index in [0.717, 1.165) is 0 Å². The van der Waals surface area contributed by atoms with Crippen LogP contribution in [0.15, 0.2) is 0 Å². The molecule has 1 aliphatic rings. The van der Waals surface area contributed by atoms with Crippen molar-refractivity contribution in [3.63, 3.8) is 0 Å². The molecule has 64 valence electrons. The molecule has 1 aliphatic heterocycles. The molecule has 0 spiro atoms. The van der Waals surface area contributed by atoms with Gasteiger partial charge in [0.15, 0.2) is 0 Å². The van der Waals surface area contributed by atoms with Crippen LogP contribution in [0.4, 0.5) is 0 Å². The summed E-state index contributed by atoms with van der Waals surface area (Å²) in [6.45, 7) is -0.00873. The van der Waals surface area contributed by atoms with Crippen LogP contribution in [0.25, 0.3) is 0 Å². The van der Waals surface area contributed by atoms with Gasteiger partial charge in [-0.2, -0.15) is 5.26 Å². The second-order valence-electron chi connectivity index (χ2n) is 2.53. The van der Waals surface area contributed by atoms with Crippen LogP contribution in [0.1, 0.15) is 12.8 Å². The van der Waals surface area contributed by atoms with E-state index >= 15 is 0 Å². The summed E-state index contributed by atoms with van der Waals surface area (Å²) >= 11 is 0. The van der Waals surface area contributed by atoms with Crippen molar-refractivity contribution < 1.29 is 9.59 Å². The van der Waals surface area contributed by atoms with E-state index in [1.54, 1.807) is 6.07 Å². The summed E-state index contributed by atoms with van der Waals surface area (Å²) < 4.78 is 0. The molecular weight excluding hydrogens is 158 g/mol. The zero-order valence-corrected chi connectivity index (χ0v) is 6.46. The fraction of sp³-hybridized carbons (Fsp3) is 0.571. The molecule has 0 bridgehead atoms. The lowest BCUT2D eigenvalue weighted by atomic mass is 10.2. The van der Waals surface area contributed by atoms with Crippen molar-refractivity contribution in [3.05, 3.63) is 0 Å². The van der Waals surface area contributed by atoms with Gasteiger partial charge in [-0.15, -0.1) is 0 Å². The number of hydrogen-bond acceptors (Lipinski definition) is 3. The van der Waals surface area contributed by atoms with Gasteiger partial charge in [0.1, 0.15) is 12.6 Å². The molecule has 1 heterocycles. The molecule has 2 N–H and O–H groups in total. The number of rotatable bonds is 2. The molecule has 1 atom stereocenters. The number of nitrogens with one attached hydrogen (secondary N) is 2. The van der Waals surface area contributed by atoms with E-state index in [0.29, 0.717) is 12.8 Å². The first-order chi connectivity index (χ1) is 5.74. The topological polar surface area (TPSA) is 82.0 Å². The first-order valence-electron chi connectivity index (χ1n) is 3.68. The Bertz CT molecular complexity index is 244. The van der Waals surface area contributed by atoms with Gasteiger partial charge in [0.25, 0.3) is 0 Å². The number of nitrogens with zero attached hydrogens (tertiary/aromatic N) is 1. The first-order valence-corrected chi connectivity index (χ1v) is 3.68. The number of hydrogen-bond donors (Lipinski definition) is 2. The predicted octanol–water partition coefficient (Wildman–Crippen LogP) is -1.10. The Labute approximate surface area is 69.7 Å². The Morgan fingerprint density at radius 1 is 1.83 bits per heavy atom. The number of nitriles is 1. The van der Waals surface area contributed by atoms with Crippen molar-refractivity contribution in [3.8, 4) is 6.07 Å². The fourth-order valence-corrected chi connectivity index (χ4v) is 1.06. The minimum absolute atomic E-state index is 0.00873. The molecule has 0 aliphatic carbocycles. The molecule has 1 fully saturated rings. The number of amides is 2. The highest BCUT2D eigenvalue weighted by Gasteiger charge is 2.26. The average Bonchev–Trinajstić information content (AvgIpc) is 2.47. The maximum atomic E-state index is 11.1. The van der Waals surface area contributed by atoms with Crippen molar-refractivity contribution in [2.45, 2.75) is 18.9 Å². The van der Waals surface area contributed by atoms with E-state index in [1.807, 2.05) is 0 Å². The van der Waals surface area contributed by atoms with Crippen LogP contribution < -0.4 is 10.6 Å². The summed E-state index contributed by atoms with van der Waals surface area (Å²) in [5.74, 6) is -0.380. The van der Waals surface area contributed by atoms with E-state index in [2.05, 4.69) is 10.6 Å². The molecule has 0 aromatic rings. The Kier molecular flexibility index (Phi) is 2.64. The molecule has 5 nitrogen and oxygen atoms in total. The molecule has 1 saturated heterocycles. The van der Waals surface area contributed by atoms with Crippen LogP contribution in [0.3, 0.4) is 0 Å². The standard InChI is InChI=1S/C7H9N3O2/c8-3-4-9-7(12)5-1-2-6(11)10-5/h5H,1-2,4H2,(H,9,12)(H,10,11). The highest BCUT2D eigenvalue weighted by molar-refractivity contribution is 5.90. The third-order valence-electron chi connectivity index (χ3n) is 1.65. The molecular formula is C7H9N3O2. The number of carbonyl (C=O) groups is 2. The van der Waals surface area contributed by atoms with Crippen molar-refractivity contribution in [1.82, 2.24) is 10.6 Å². The highest BCUT2D eigenvalue weighted by atomic mass is 16.2. The Hall–Kier alpha value is -1.57. The molecule has 0 radical (unpaired) electrons. The van der Waals surface area contributed by atoms with Crippen LogP contribution in [0.5, 0.6) is 0 Å². The van der Waals surface area contributed by atoms with Gasteiger partial charge < -0.3 is 10.6 Å². The lowest BCUT2D eigenvalue weighted by Gasteiger charge is -2.07. The van der Waals surface area contributed by atoms with E-state index in [-0.39, 0.29) is 18.4 Å². The lowest BCUT2D eigenvalue weighted by molar-refractivity contribution is -0.125. The summed E-state index contributed by atoms with van der Waals surface area (Å²) in [6, 6.07) is 1.35. The molecule has 0 saturated carbocycles. The van der Waals surface area contributed by atoms with Crippen molar-refractivity contribution >= 4 is 11.8 Å². The van der Waals surface area contributed by atoms with Gasteiger partial charge in [0.05, 0.1) is 6.07 Å². The first kappa shape index (κ1) is 8.53. The van der Waals surface area contributed by atoms with Gasteiger partial charge in [0.2, 0.25) is 11.8 Å². The maximum Gasteiger partial charge on any atom is 0.243 e. The largest absolute Gasteiger partial charge is 0.344 e. The molecule has 12 heavy (non-hydrogen) atoms. The summed E-state index contributed by atoms with van der Waals surface area (Å²) in [6.07, 6.45) is 0.917. The number of carbonyl (C=O) groups excluding carboxylic acids is 2. The second kappa shape index (κ2) is 3.72. The zero-order valence-electron chi connectivity index (χ0n) is 6.46. The van der Waals surface area contributed by atoms with E-state index in [9.17, 15) is 9.59 Å². The van der Waals surface area contributed by atoms with Gasteiger partial charge >= 0.3 is 0 Å². The summed E-state index contributed by atoms with van der Waals surface area (Å²) in [5.41, 5.74) is 0. The smallest absolute Gasteiger partial charge is 0.243 e. The quantitative estimate of drug-likeness (QED) is 0.512. The van der Waals surface area contributed by atoms with Gasteiger partial charge in [0, 0.05) is 6.42 Å². The van der Waals surface area contributed by atoms with Crippen molar-refractivity contribution in [2.24, 2.45) is 0 Å². The second-order valence-corrected chi connectivity index (χ2v) is 2.53. The van der Waals surface area contributed by atoms with Crippen molar-refractivity contribution in [2.75, 3.05) is 6.54 Å². The summed E-state index contributed by atoms with van der Waals surface area (Å²) in [5, 5.41) is 13.0. The Morgan fingerprint density at radius 2 is 2.58 bits per heavy atom. The highest BCUT2D eigenvalue weighted by Crippen LogP contribution is 2.05. The van der Waals surface area contributed by atoms with E-state index in [4.69, 9.17) is 5.26 Å². The third-order valence-corrected chi connectivity index (χ3v) is 1.65. The molecule has 0 aromatic carbocycles. The molecule has 5 heteroatoms. The summed E-state index contributed by atoms with van der Waals surface area (Å²) in [4.78, 5) is 21.7. The SMILES string of the molecule is N#CCNC(=O)C1CCC(=O)N1. The minimum atomic E-state index is -0.439. The maximum absolute atomic E-state index is 11.1. The lowest BCUT2D eigenvalue weighted by Crippen LogP contribution is -2.41. The minimum Gasteiger partial charge on any atom is -0.344 e. The predicted molar refractivity (Wildman–Crippen MR) is 39.8 cm³/mol. The summed E-state index contributed by atoms with van der Waals surface area (Å²) in [7, 11) is 0. The van der Waals surface area contributed by atoms with Gasteiger partial charge in [-0.3, -0.25) is 9.59 Å². The van der Waals surface area contributed by atoms with Gasteiger partial charge in [-0.1, -0.05) is 0 Å². The van der Waals surface area contributed by atoms with Crippen molar-refractivity contribution in [1.29, 1.82) is 5.26 Å². The van der Waals surface area contributed by atoms with Gasteiger partial charge in [-0.25, -0.2) is 0 Å². The van der Waals surface area contributed by atoms with E-state index < -0.39 is 6.04 Å². The zero-order chi connectivity index (χ0) is 8.97. The van der Waals surface area contributed by atoms with E-state index in [1.165, 1.54) is 0 Å². The average molecular weight is 167 g/mol. The Morgan fingerprint density at radius 3 is 3.08 bits per heavy atom.